The lowest BCUT2D eigenvalue weighted by Gasteiger charge is -2.40. The fourth-order valence-corrected chi connectivity index (χ4v) is 4.44. The fraction of sp³-hybridized carbons (Fsp3) is 0.357. The van der Waals surface area contributed by atoms with Gasteiger partial charge in [-0.05, 0) is 55.1 Å². The van der Waals surface area contributed by atoms with Gasteiger partial charge in [0.05, 0.1) is 5.76 Å². The Balaban J connectivity index is 1.98. The van der Waals surface area contributed by atoms with Gasteiger partial charge in [-0.25, -0.2) is 0 Å². The zero-order chi connectivity index (χ0) is 21.6. The van der Waals surface area contributed by atoms with Gasteiger partial charge in [0.15, 0.2) is 0 Å². The minimum absolute atomic E-state index is 0.156. The molecule has 0 bridgehead atoms. The zero-order valence-corrected chi connectivity index (χ0v) is 20.0. The molecule has 1 atom stereocenters. The van der Waals surface area contributed by atoms with Crippen LogP contribution in [0.15, 0.2) is 78.1 Å². The lowest BCUT2D eigenvalue weighted by atomic mass is 9.88. The van der Waals surface area contributed by atoms with Gasteiger partial charge in [-0.2, -0.15) is 0 Å². The zero-order valence-electron chi connectivity index (χ0n) is 19.0. The highest BCUT2D eigenvalue weighted by Gasteiger charge is 2.41. The molecule has 1 unspecified atom stereocenters. The van der Waals surface area contributed by atoms with Crippen LogP contribution in [0, 0.1) is 17.8 Å². The monoisotopic (exact) mass is 414 g/mol. The molecule has 2 aromatic rings. The lowest BCUT2D eigenvalue weighted by Crippen LogP contribution is -2.41. The number of rotatable bonds is 4. The van der Waals surface area contributed by atoms with E-state index < -0.39 is 8.32 Å². The van der Waals surface area contributed by atoms with Crippen LogP contribution in [0.5, 0.6) is 0 Å². The first-order valence-electron chi connectivity index (χ1n) is 11.0. The summed E-state index contributed by atoms with van der Waals surface area (Å²) >= 11 is 0. The van der Waals surface area contributed by atoms with Crippen molar-refractivity contribution in [1.29, 1.82) is 0 Å². The van der Waals surface area contributed by atoms with Crippen molar-refractivity contribution in [2.45, 2.75) is 58.2 Å². The van der Waals surface area contributed by atoms with Crippen LogP contribution < -0.4 is 0 Å². The Kier molecular flexibility index (Phi) is 7.05. The van der Waals surface area contributed by atoms with Crippen LogP contribution in [0.1, 0.15) is 51.2 Å². The molecule has 2 aromatic carbocycles. The van der Waals surface area contributed by atoms with Crippen molar-refractivity contribution in [2.24, 2.45) is 5.92 Å². The molecule has 1 nitrogen and oxygen atoms in total. The molecular weight excluding hydrogens is 380 g/mol. The van der Waals surface area contributed by atoms with Crippen molar-refractivity contribution >= 4 is 14.4 Å². The van der Waals surface area contributed by atoms with E-state index in [4.69, 9.17) is 4.43 Å². The van der Waals surface area contributed by atoms with E-state index in [1.54, 1.807) is 0 Å². The summed E-state index contributed by atoms with van der Waals surface area (Å²) in [5.41, 5.74) is 3.46. The predicted molar refractivity (Wildman–Crippen MR) is 131 cm³/mol. The highest BCUT2D eigenvalue weighted by atomic mass is 28.4. The third-order valence-electron chi connectivity index (χ3n) is 6.20. The van der Waals surface area contributed by atoms with Crippen LogP contribution in [0.25, 0.3) is 6.08 Å². The van der Waals surface area contributed by atoms with E-state index in [-0.39, 0.29) is 11.0 Å². The number of hydrogen-bond donors (Lipinski definition) is 0. The predicted octanol–water partition coefficient (Wildman–Crippen LogP) is 7.83. The summed E-state index contributed by atoms with van der Waals surface area (Å²) in [6, 6.07) is 20.8. The van der Waals surface area contributed by atoms with E-state index in [2.05, 4.69) is 100 Å². The van der Waals surface area contributed by atoms with Crippen LogP contribution in [-0.4, -0.2) is 8.32 Å². The topological polar surface area (TPSA) is 9.23 Å². The Morgan fingerprint density at radius 3 is 2.20 bits per heavy atom. The molecule has 0 heterocycles. The van der Waals surface area contributed by atoms with Gasteiger partial charge in [-0.1, -0.05) is 93.3 Å². The minimum Gasteiger partial charge on any atom is -0.545 e. The fourth-order valence-electron chi connectivity index (χ4n) is 3.31. The van der Waals surface area contributed by atoms with Gasteiger partial charge in [0.2, 0.25) is 8.32 Å². The van der Waals surface area contributed by atoms with Gasteiger partial charge < -0.3 is 4.43 Å². The summed E-state index contributed by atoms with van der Waals surface area (Å²) in [6.45, 7) is 11.6. The molecule has 3 rings (SSSR count). The quantitative estimate of drug-likeness (QED) is 0.366. The number of allylic oxidation sites excluding steroid dienone is 2. The molecule has 1 aliphatic rings. The highest BCUT2D eigenvalue weighted by molar-refractivity contribution is 6.74. The molecule has 0 amide bonds. The van der Waals surface area contributed by atoms with Crippen molar-refractivity contribution in [3.8, 4) is 11.8 Å². The normalized spacial score (nSPS) is 17.6. The van der Waals surface area contributed by atoms with Crippen LogP contribution in [0.4, 0.5) is 0 Å². The van der Waals surface area contributed by atoms with Gasteiger partial charge in [-0.15, -0.1) is 0 Å². The molecule has 0 saturated carbocycles. The Morgan fingerprint density at radius 1 is 0.933 bits per heavy atom. The largest absolute Gasteiger partial charge is 0.545 e. The van der Waals surface area contributed by atoms with E-state index in [0.717, 1.165) is 30.6 Å². The van der Waals surface area contributed by atoms with Gasteiger partial charge >= 0.3 is 0 Å². The summed E-state index contributed by atoms with van der Waals surface area (Å²) in [7, 11) is -1.95. The second kappa shape index (κ2) is 9.54. The first kappa shape index (κ1) is 22.2. The molecule has 156 valence electrons. The standard InChI is InChI=1S/C28H34OSi/c1-28(2,3)30(4,5)29-27-25(21-19-23-13-8-6-9-14-23)17-12-18-26(27)22-20-24-15-10-7-11-16-24/h6-11,13-16,19,21,25H,12,17-18H2,1-5H3/b21-19+. The van der Waals surface area contributed by atoms with E-state index in [0.29, 0.717) is 0 Å². The first-order valence-corrected chi connectivity index (χ1v) is 13.9. The van der Waals surface area contributed by atoms with Gasteiger partial charge in [0, 0.05) is 17.1 Å². The summed E-state index contributed by atoms with van der Waals surface area (Å²) in [6.07, 6.45) is 7.81. The molecule has 0 fully saturated rings. The maximum Gasteiger partial charge on any atom is 0.250 e. The average molecular weight is 415 g/mol. The third kappa shape index (κ3) is 5.77. The summed E-state index contributed by atoms with van der Waals surface area (Å²) < 4.78 is 6.91. The molecule has 1 aliphatic carbocycles. The SMILES string of the molecule is CC(C)(C)[Si](C)(C)OC1=C(C#Cc2ccccc2)CCCC1/C=C/c1ccccc1. The molecule has 2 heteroatoms. The van der Waals surface area contributed by atoms with E-state index in [9.17, 15) is 0 Å². The molecule has 0 saturated heterocycles. The van der Waals surface area contributed by atoms with Crippen molar-refractivity contribution in [2.75, 3.05) is 0 Å². The van der Waals surface area contributed by atoms with Crippen LogP contribution >= 0.6 is 0 Å². The molecule has 0 radical (unpaired) electrons. The first-order chi connectivity index (χ1) is 14.3. The molecule has 0 spiro atoms. The lowest BCUT2D eigenvalue weighted by molar-refractivity contribution is 0.315. The Morgan fingerprint density at radius 2 is 1.57 bits per heavy atom. The minimum atomic E-state index is -1.95. The Labute approximate surface area is 184 Å². The van der Waals surface area contributed by atoms with Gasteiger partial charge in [-0.3, -0.25) is 0 Å². The molecule has 30 heavy (non-hydrogen) atoms. The molecule has 0 aromatic heterocycles. The van der Waals surface area contributed by atoms with Crippen LogP contribution in [-0.2, 0) is 4.43 Å². The maximum atomic E-state index is 6.91. The molecular formula is C28H34OSi. The van der Waals surface area contributed by atoms with Crippen LogP contribution in [0.2, 0.25) is 18.1 Å². The number of hydrogen-bond acceptors (Lipinski definition) is 1. The third-order valence-corrected chi connectivity index (χ3v) is 10.5. The summed E-state index contributed by atoms with van der Waals surface area (Å²) in [5, 5.41) is 0.156. The second-order valence-electron chi connectivity index (χ2n) is 9.59. The van der Waals surface area contributed by atoms with Crippen LogP contribution in [0.3, 0.4) is 0 Å². The smallest absolute Gasteiger partial charge is 0.250 e. The maximum absolute atomic E-state index is 6.91. The van der Waals surface area contributed by atoms with Gasteiger partial charge in [0.25, 0.3) is 0 Å². The second-order valence-corrected chi connectivity index (χ2v) is 14.3. The summed E-state index contributed by atoms with van der Waals surface area (Å²) in [4.78, 5) is 0. The van der Waals surface area contributed by atoms with E-state index >= 15 is 0 Å². The van der Waals surface area contributed by atoms with Crippen molar-refractivity contribution in [1.82, 2.24) is 0 Å². The molecule has 0 N–H and O–H groups in total. The Bertz CT molecular complexity index is 950. The van der Waals surface area contributed by atoms with Crippen molar-refractivity contribution in [3.63, 3.8) is 0 Å². The van der Waals surface area contributed by atoms with E-state index in [1.165, 1.54) is 11.1 Å². The Hall–Kier alpha value is -2.50. The molecule has 0 aliphatic heterocycles. The van der Waals surface area contributed by atoms with Crippen molar-refractivity contribution in [3.05, 3.63) is 89.2 Å². The van der Waals surface area contributed by atoms with Crippen molar-refractivity contribution < 1.29 is 4.43 Å². The average Bonchev–Trinajstić information content (AvgIpc) is 2.72. The summed E-state index contributed by atoms with van der Waals surface area (Å²) in [5.74, 6) is 8.25. The highest BCUT2D eigenvalue weighted by Crippen LogP contribution is 2.42. The van der Waals surface area contributed by atoms with Gasteiger partial charge in [0.1, 0.15) is 0 Å². The number of benzene rings is 2. The van der Waals surface area contributed by atoms with E-state index in [1.807, 2.05) is 18.2 Å².